The Balaban J connectivity index is 2.15. The van der Waals surface area contributed by atoms with Crippen LogP contribution in [0.4, 0.5) is 0 Å². The lowest BCUT2D eigenvalue weighted by molar-refractivity contribution is 0.466. The van der Waals surface area contributed by atoms with Crippen LogP contribution in [0.1, 0.15) is 11.5 Å². The Bertz CT molecular complexity index is 222. The van der Waals surface area contributed by atoms with Crippen molar-refractivity contribution >= 4 is 11.8 Å². The van der Waals surface area contributed by atoms with Crippen LogP contribution in [0.25, 0.3) is 0 Å². The zero-order valence-corrected chi connectivity index (χ0v) is 8.41. The quantitative estimate of drug-likeness (QED) is 0.711. The molecule has 2 nitrogen and oxygen atoms in total. The molecule has 1 rings (SSSR count). The number of nitrogens with one attached hydrogen (secondary N) is 1. The van der Waals surface area contributed by atoms with E-state index in [2.05, 4.69) is 11.6 Å². The van der Waals surface area contributed by atoms with Gasteiger partial charge in [0, 0.05) is 12.3 Å². The molecular formula is C9H15NOS. The summed E-state index contributed by atoms with van der Waals surface area (Å²) in [5.74, 6) is 3.16. The minimum Gasteiger partial charge on any atom is -0.465 e. The molecule has 0 spiro atoms. The normalized spacial score (nSPS) is 10.5. The van der Waals surface area contributed by atoms with Gasteiger partial charge in [-0.05, 0) is 25.3 Å². The molecule has 0 bridgehead atoms. The predicted octanol–water partition coefficient (Wildman–Crippen LogP) is 2.04. The molecule has 0 amide bonds. The summed E-state index contributed by atoms with van der Waals surface area (Å²) in [7, 11) is 0. The summed E-state index contributed by atoms with van der Waals surface area (Å²) in [5.41, 5.74) is 0. The van der Waals surface area contributed by atoms with Crippen molar-refractivity contribution in [3.63, 3.8) is 0 Å². The van der Waals surface area contributed by atoms with Gasteiger partial charge in [0.05, 0.1) is 6.54 Å². The summed E-state index contributed by atoms with van der Waals surface area (Å²) < 4.78 is 5.39. The van der Waals surface area contributed by atoms with Crippen molar-refractivity contribution in [2.75, 3.05) is 18.6 Å². The first-order valence-electron chi connectivity index (χ1n) is 4.08. The number of rotatable bonds is 5. The number of aryl methyl sites for hydroxylation is 1. The lowest BCUT2D eigenvalue weighted by Crippen LogP contribution is -2.15. The molecule has 0 radical (unpaired) electrons. The van der Waals surface area contributed by atoms with Crippen molar-refractivity contribution in [1.82, 2.24) is 5.32 Å². The van der Waals surface area contributed by atoms with E-state index in [-0.39, 0.29) is 0 Å². The molecule has 12 heavy (non-hydrogen) atoms. The van der Waals surface area contributed by atoms with E-state index in [1.165, 1.54) is 0 Å². The minimum atomic E-state index is 0.842. The Labute approximate surface area is 77.7 Å². The molecule has 0 aliphatic carbocycles. The fraction of sp³-hybridized carbons (Fsp3) is 0.556. The molecule has 0 unspecified atom stereocenters. The molecular weight excluding hydrogens is 170 g/mol. The van der Waals surface area contributed by atoms with Gasteiger partial charge in [0.15, 0.2) is 0 Å². The van der Waals surface area contributed by atoms with Gasteiger partial charge in [-0.3, -0.25) is 0 Å². The molecule has 1 aromatic heterocycles. The van der Waals surface area contributed by atoms with Gasteiger partial charge in [-0.2, -0.15) is 11.8 Å². The maximum absolute atomic E-state index is 5.39. The van der Waals surface area contributed by atoms with Gasteiger partial charge < -0.3 is 9.73 Å². The highest BCUT2D eigenvalue weighted by molar-refractivity contribution is 7.98. The second-order valence-corrected chi connectivity index (χ2v) is 3.67. The van der Waals surface area contributed by atoms with E-state index in [4.69, 9.17) is 4.42 Å². The van der Waals surface area contributed by atoms with Crippen molar-refractivity contribution in [2.45, 2.75) is 13.5 Å². The Hall–Kier alpha value is -0.410. The number of hydrogen-bond donors (Lipinski definition) is 1. The highest BCUT2D eigenvalue weighted by Crippen LogP contribution is 2.05. The van der Waals surface area contributed by atoms with Crippen molar-refractivity contribution in [3.05, 3.63) is 23.7 Å². The van der Waals surface area contributed by atoms with Crippen LogP contribution < -0.4 is 5.32 Å². The first kappa shape index (κ1) is 9.68. The lowest BCUT2D eigenvalue weighted by Gasteiger charge is -1.99. The first-order chi connectivity index (χ1) is 5.83. The fourth-order valence-electron chi connectivity index (χ4n) is 0.966. The Morgan fingerprint density at radius 2 is 2.33 bits per heavy atom. The fourth-order valence-corrected chi connectivity index (χ4v) is 1.31. The Morgan fingerprint density at radius 1 is 1.50 bits per heavy atom. The highest BCUT2D eigenvalue weighted by atomic mass is 32.2. The highest BCUT2D eigenvalue weighted by Gasteiger charge is 1.96. The maximum atomic E-state index is 5.39. The van der Waals surface area contributed by atoms with E-state index in [9.17, 15) is 0 Å². The molecule has 0 fully saturated rings. The average Bonchev–Trinajstić information content (AvgIpc) is 2.45. The van der Waals surface area contributed by atoms with Gasteiger partial charge in [-0.15, -0.1) is 0 Å². The standard InChI is InChI=1S/C9H15NOS/c1-8-3-4-9(11-8)7-10-5-6-12-2/h3-4,10H,5-7H2,1-2H3. The van der Waals surface area contributed by atoms with Crippen LogP contribution in [0.2, 0.25) is 0 Å². The van der Waals surface area contributed by atoms with Crippen molar-refractivity contribution in [2.24, 2.45) is 0 Å². The SMILES string of the molecule is CSCCNCc1ccc(C)o1. The monoisotopic (exact) mass is 185 g/mol. The molecule has 68 valence electrons. The lowest BCUT2D eigenvalue weighted by atomic mass is 10.4. The van der Waals surface area contributed by atoms with E-state index in [0.717, 1.165) is 30.4 Å². The first-order valence-corrected chi connectivity index (χ1v) is 5.47. The van der Waals surface area contributed by atoms with Gasteiger partial charge in [0.25, 0.3) is 0 Å². The zero-order valence-electron chi connectivity index (χ0n) is 7.59. The molecule has 1 aromatic rings. The van der Waals surface area contributed by atoms with Crippen molar-refractivity contribution in [3.8, 4) is 0 Å². The summed E-state index contributed by atoms with van der Waals surface area (Å²) >= 11 is 1.85. The van der Waals surface area contributed by atoms with E-state index < -0.39 is 0 Å². The van der Waals surface area contributed by atoms with Gasteiger partial charge >= 0.3 is 0 Å². The smallest absolute Gasteiger partial charge is 0.117 e. The summed E-state index contributed by atoms with van der Waals surface area (Å²) in [4.78, 5) is 0. The van der Waals surface area contributed by atoms with E-state index in [1.54, 1.807) is 0 Å². The average molecular weight is 185 g/mol. The number of furan rings is 1. The topological polar surface area (TPSA) is 25.2 Å². The van der Waals surface area contributed by atoms with Crippen LogP contribution in [0.3, 0.4) is 0 Å². The van der Waals surface area contributed by atoms with Gasteiger partial charge in [-0.1, -0.05) is 0 Å². The zero-order chi connectivity index (χ0) is 8.81. The predicted molar refractivity (Wildman–Crippen MR) is 53.5 cm³/mol. The van der Waals surface area contributed by atoms with Gasteiger partial charge in [0.1, 0.15) is 11.5 Å². The Morgan fingerprint density at radius 3 is 2.92 bits per heavy atom. The van der Waals surface area contributed by atoms with E-state index in [0.29, 0.717) is 0 Å². The van der Waals surface area contributed by atoms with Gasteiger partial charge in [0.2, 0.25) is 0 Å². The molecule has 1 N–H and O–H groups in total. The molecule has 1 heterocycles. The largest absolute Gasteiger partial charge is 0.465 e. The molecule has 0 saturated heterocycles. The second-order valence-electron chi connectivity index (χ2n) is 2.68. The third kappa shape index (κ3) is 3.32. The molecule has 0 atom stereocenters. The maximum Gasteiger partial charge on any atom is 0.117 e. The third-order valence-corrected chi connectivity index (χ3v) is 2.19. The Kier molecular flexibility index (Phi) is 4.25. The van der Waals surface area contributed by atoms with Crippen LogP contribution in [0.5, 0.6) is 0 Å². The molecule has 0 saturated carbocycles. The van der Waals surface area contributed by atoms with E-state index in [1.807, 2.05) is 30.8 Å². The summed E-state index contributed by atoms with van der Waals surface area (Å²) in [6, 6.07) is 4.01. The van der Waals surface area contributed by atoms with Crippen molar-refractivity contribution in [1.29, 1.82) is 0 Å². The van der Waals surface area contributed by atoms with Crippen LogP contribution in [-0.2, 0) is 6.54 Å². The molecule has 3 heteroatoms. The second kappa shape index (κ2) is 5.27. The summed E-state index contributed by atoms with van der Waals surface area (Å²) in [6.07, 6.45) is 2.11. The minimum absolute atomic E-state index is 0.842. The number of thioether (sulfide) groups is 1. The van der Waals surface area contributed by atoms with Gasteiger partial charge in [-0.25, -0.2) is 0 Å². The molecule has 0 aliphatic heterocycles. The van der Waals surface area contributed by atoms with Crippen LogP contribution >= 0.6 is 11.8 Å². The van der Waals surface area contributed by atoms with Crippen LogP contribution in [0.15, 0.2) is 16.5 Å². The van der Waals surface area contributed by atoms with Crippen LogP contribution in [0, 0.1) is 6.92 Å². The van der Waals surface area contributed by atoms with Crippen molar-refractivity contribution < 1.29 is 4.42 Å². The van der Waals surface area contributed by atoms with Crippen LogP contribution in [-0.4, -0.2) is 18.6 Å². The van der Waals surface area contributed by atoms with E-state index >= 15 is 0 Å². The third-order valence-electron chi connectivity index (χ3n) is 1.58. The summed E-state index contributed by atoms with van der Waals surface area (Å²) in [6.45, 7) is 3.85. The number of hydrogen-bond acceptors (Lipinski definition) is 3. The molecule has 0 aromatic carbocycles. The summed E-state index contributed by atoms with van der Waals surface area (Å²) in [5, 5.41) is 3.30. The molecule has 0 aliphatic rings.